The zero-order chi connectivity index (χ0) is 19.0. The lowest BCUT2D eigenvalue weighted by Crippen LogP contribution is -2.38. The number of benzene rings is 1. The second-order valence-electron chi connectivity index (χ2n) is 5.96. The summed E-state index contributed by atoms with van der Waals surface area (Å²) in [6.45, 7) is 11.0. The Morgan fingerprint density at radius 2 is 1.81 bits per heavy atom. The van der Waals surface area contributed by atoms with E-state index in [0.717, 1.165) is 36.7 Å². The van der Waals surface area contributed by atoms with Crippen LogP contribution < -0.4 is 15.4 Å². The molecule has 6 nitrogen and oxygen atoms in total. The molecule has 0 atom stereocenters. The maximum atomic E-state index is 5.57. The Morgan fingerprint density at radius 1 is 1.04 bits per heavy atom. The minimum Gasteiger partial charge on any atom is -0.494 e. The minimum atomic E-state index is 0.625. The summed E-state index contributed by atoms with van der Waals surface area (Å²) in [6.07, 6.45) is 2.27. The van der Waals surface area contributed by atoms with Crippen LogP contribution in [0.4, 0.5) is 0 Å². The Labute approximate surface area is 158 Å². The minimum absolute atomic E-state index is 0.625. The van der Waals surface area contributed by atoms with Crippen LogP contribution in [0.5, 0.6) is 5.75 Å². The molecule has 6 heteroatoms. The SMILES string of the molecule is CCCCOCCOCCNC(=NC)NCc1ccc(OCC)c(C)c1. The van der Waals surface area contributed by atoms with Gasteiger partial charge in [-0.25, -0.2) is 0 Å². The summed E-state index contributed by atoms with van der Waals surface area (Å²) in [5, 5.41) is 6.55. The van der Waals surface area contributed by atoms with Crippen LogP contribution in [0.15, 0.2) is 23.2 Å². The number of aryl methyl sites for hydroxylation is 1. The van der Waals surface area contributed by atoms with Crippen LogP contribution in [-0.2, 0) is 16.0 Å². The standard InChI is InChI=1S/C20H35N3O3/c1-5-7-11-24-13-14-25-12-10-22-20(21-4)23-16-18-8-9-19(26-6-2)17(3)15-18/h8-9,15H,5-7,10-14,16H2,1-4H3,(H2,21,22,23). The molecule has 1 aromatic rings. The first-order chi connectivity index (χ1) is 12.7. The normalized spacial score (nSPS) is 11.5. The van der Waals surface area contributed by atoms with E-state index >= 15 is 0 Å². The smallest absolute Gasteiger partial charge is 0.191 e. The zero-order valence-electron chi connectivity index (χ0n) is 16.8. The van der Waals surface area contributed by atoms with E-state index in [1.807, 2.05) is 13.0 Å². The van der Waals surface area contributed by atoms with Crippen molar-refractivity contribution in [2.45, 2.75) is 40.2 Å². The predicted octanol–water partition coefficient (Wildman–Crippen LogP) is 2.89. The van der Waals surface area contributed by atoms with Crippen LogP contribution >= 0.6 is 0 Å². The van der Waals surface area contributed by atoms with Crippen molar-refractivity contribution in [2.75, 3.05) is 46.6 Å². The van der Waals surface area contributed by atoms with E-state index in [2.05, 4.69) is 41.6 Å². The van der Waals surface area contributed by atoms with Crippen LogP contribution in [0.25, 0.3) is 0 Å². The largest absolute Gasteiger partial charge is 0.494 e. The number of hydrogen-bond donors (Lipinski definition) is 2. The van der Waals surface area contributed by atoms with Crippen molar-refractivity contribution >= 4 is 5.96 Å². The molecular formula is C20H35N3O3. The van der Waals surface area contributed by atoms with Gasteiger partial charge in [-0.05, 0) is 37.5 Å². The van der Waals surface area contributed by atoms with Gasteiger partial charge in [0.15, 0.2) is 5.96 Å². The summed E-state index contributed by atoms with van der Waals surface area (Å²) in [5.41, 5.74) is 2.33. The van der Waals surface area contributed by atoms with Crippen LogP contribution in [0.2, 0.25) is 0 Å². The van der Waals surface area contributed by atoms with Crippen LogP contribution in [0.1, 0.15) is 37.8 Å². The molecule has 0 saturated carbocycles. The molecule has 1 aromatic carbocycles. The molecule has 0 aliphatic rings. The third-order valence-corrected chi connectivity index (χ3v) is 3.78. The van der Waals surface area contributed by atoms with Crippen LogP contribution in [0.3, 0.4) is 0 Å². The quantitative estimate of drug-likeness (QED) is 0.320. The number of ether oxygens (including phenoxy) is 3. The molecule has 0 aliphatic carbocycles. The highest BCUT2D eigenvalue weighted by molar-refractivity contribution is 5.79. The van der Waals surface area contributed by atoms with E-state index in [0.29, 0.717) is 39.5 Å². The van der Waals surface area contributed by atoms with Gasteiger partial charge in [-0.3, -0.25) is 4.99 Å². The highest BCUT2D eigenvalue weighted by Gasteiger charge is 2.02. The maximum absolute atomic E-state index is 5.57. The van der Waals surface area contributed by atoms with Gasteiger partial charge in [-0.2, -0.15) is 0 Å². The lowest BCUT2D eigenvalue weighted by Gasteiger charge is -2.13. The maximum Gasteiger partial charge on any atom is 0.191 e. The summed E-state index contributed by atoms with van der Waals surface area (Å²) >= 11 is 0. The third-order valence-electron chi connectivity index (χ3n) is 3.78. The summed E-state index contributed by atoms with van der Waals surface area (Å²) in [6, 6.07) is 6.22. The molecule has 0 saturated heterocycles. The van der Waals surface area contributed by atoms with Crippen molar-refractivity contribution in [3.63, 3.8) is 0 Å². The van der Waals surface area contributed by atoms with Crippen molar-refractivity contribution in [2.24, 2.45) is 4.99 Å². The summed E-state index contributed by atoms with van der Waals surface area (Å²) in [5.74, 6) is 1.70. The fourth-order valence-electron chi connectivity index (χ4n) is 2.36. The molecule has 0 bridgehead atoms. The first kappa shape index (κ1) is 22.3. The Bertz CT molecular complexity index is 521. The molecule has 0 spiro atoms. The predicted molar refractivity (Wildman–Crippen MR) is 107 cm³/mol. The van der Waals surface area contributed by atoms with E-state index in [9.17, 15) is 0 Å². The van der Waals surface area contributed by atoms with Gasteiger partial charge in [-0.15, -0.1) is 0 Å². The average Bonchev–Trinajstić information content (AvgIpc) is 2.65. The van der Waals surface area contributed by atoms with Gasteiger partial charge in [0.25, 0.3) is 0 Å². The number of rotatable bonds is 13. The molecule has 26 heavy (non-hydrogen) atoms. The number of hydrogen-bond acceptors (Lipinski definition) is 4. The molecule has 2 N–H and O–H groups in total. The fraction of sp³-hybridized carbons (Fsp3) is 0.650. The average molecular weight is 366 g/mol. The number of unbranched alkanes of at least 4 members (excludes halogenated alkanes) is 1. The summed E-state index contributed by atoms with van der Waals surface area (Å²) < 4.78 is 16.6. The summed E-state index contributed by atoms with van der Waals surface area (Å²) in [7, 11) is 1.77. The molecule has 148 valence electrons. The molecule has 0 unspecified atom stereocenters. The van der Waals surface area contributed by atoms with Crippen molar-refractivity contribution in [3.8, 4) is 5.75 Å². The van der Waals surface area contributed by atoms with E-state index in [1.54, 1.807) is 7.05 Å². The molecule has 0 amide bonds. The van der Waals surface area contributed by atoms with E-state index in [-0.39, 0.29) is 0 Å². The van der Waals surface area contributed by atoms with Crippen LogP contribution in [-0.4, -0.2) is 52.6 Å². The van der Waals surface area contributed by atoms with Gasteiger partial charge in [0.05, 0.1) is 26.4 Å². The van der Waals surface area contributed by atoms with Gasteiger partial charge in [-0.1, -0.05) is 25.5 Å². The highest BCUT2D eigenvalue weighted by atomic mass is 16.5. The van der Waals surface area contributed by atoms with Crippen molar-refractivity contribution in [1.29, 1.82) is 0 Å². The number of nitrogens with one attached hydrogen (secondary N) is 2. The Kier molecular flexibility index (Phi) is 12.3. The molecule has 1 rings (SSSR count). The van der Waals surface area contributed by atoms with E-state index in [1.165, 1.54) is 5.56 Å². The molecular weight excluding hydrogens is 330 g/mol. The van der Waals surface area contributed by atoms with Crippen molar-refractivity contribution in [1.82, 2.24) is 10.6 Å². The molecule has 0 aromatic heterocycles. The molecule has 0 fully saturated rings. The van der Waals surface area contributed by atoms with Crippen molar-refractivity contribution < 1.29 is 14.2 Å². The van der Waals surface area contributed by atoms with Gasteiger partial charge in [0, 0.05) is 26.7 Å². The molecule has 0 radical (unpaired) electrons. The van der Waals surface area contributed by atoms with Crippen molar-refractivity contribution in [3.05, 3.63) is 29.3 Å². The Balaban J connectivity index is 2.18. The Hall–Kier alpha value is -1.79. The highest BCUT2D eigenvalue weighted by Crippen LogP contribution is 2.18. The summed E-state index contributed by atoms with van der Waals surface area (Å²) in [4.78, 5) is 4.23. The van der Waals surface area contributed by atoms with E-state index in [4.69, 9.17) is 14.2 Å². The van der Waals surface area contributed by atoms with Gasteiger partial charge >= 0.3 is 0 Å². The first-order valence-corrected chi connectivity index (χ1v) is 9.53. The second kappa shape index (κ2) is 14.4. The third kappa shape index (κ3) is 9.63. The second-order valence-corrected chi connectivity index (χ2v) is 5.96. The lowest BCUT2D eigenvalue weighted by atomic mass is 10.1. The Morgan fingerprint density at radius 3 is 2.46 bits per heavy atom. The van der Waals surface area contributed by atoms with Crippen LogP contribution in [0, 0.1) is 6.92 Å². The monoisotopic (exact) mass is 365 g/mol. The zero-order valence-corrected chi connectivity index (χ0v) is 16.8. The number of aliphatic imine (C=N–C) groups is 1. The van der Waals surface area contributed by atoms with Gasteiger partial charge in [0.1, 0.15) is 5.75 Å². The lowest BCUT2D eigenvalue weighted by molar-refractivity contribution is 0.0487. The topological polar surface area (TPSA) is 64.1 Å². The van der Waals surface area contributed by atoms with E-state index < -0.39 is 0 Å². The molecule has 0 aliphatic heterocycles. The van der Waals surface area contributed by atoms with Gasteiger partial charge < -0.3 is 24.8 Å². The number of nitrogens with zero attached hydrogens (tertiary/aromatic N) is 1. The fourth-order valence-corrected chi connectivity index (χ4v) is 2.36. The van der Waals surface area contributed by atoms with Gasteiger partial charge in [0.2, 0.25) is 0 Å². The number of guanidine groups is 1. The molecule has 0 heterocycles. The first-order valence-electron chi connectivity index (χ1n) is 9.53.